The Morgan fingerprint density at radius 1 is 0.833 bits per heavy atom. The van der Waals surface area contributed by atoms with Gasteiger partial charge in [0.1, 0.15) is 0 Å². The number of unbranched alkanes of at least 4 members (excludes halogenated alkanes) is 4. The second kappa shape index (κ2) is 10.4. The summed E-state index contributed by atoms with van der Waals surface area (Å²) in [5, 5.41) is 0. The average molecular weight is 321 g/mol. The van der Waals surface area contributed by atoms with Crippen LogP contribution in [0.25, 0.3) is 0 Å². The van der Waals surface area contributed by atoms with Crippen LogP contribution >= 0.6 is 0 Å². The summed E-state index contributed by atoms with van der Waals surface area (Å²) < 4.78 is 0. The van der Waals surface area contributed by atoms with Crippen LogP contribution < -0.4 is 4.90 Å². The van der Waals surface area contributed by atoms with Crippen LogP contribution in [0.1, 0.15) is 45.4 Å². The van der Waals surface area contributed by atoms with Crippen molar-refractivity contribution in [3.05, 3.63) is 72.8 Å². The molecule has 2 aromatic carbocycles. The highest BCUT2D eigenvalue weighted by Crippen LogP contribution is 2.25. The summed E-state index contributed by atoms with van der Waals surface area (Å²) in [6, 6.07) is 19.7. The number of hydrogen-bond acceptors (Lipinski definition) is 1. The predicted octanol–water partition coefficient (Wildman–Crippen LogP) is 6.27. The Hall–Kier alpha value is -2.35. The number of carbonyl (C=O) groups is 1. The maximum Gasteiger partial charge on any atom is 0.235 e. The van der Waals surface area contributed by atoms with Gasteiger partial charge in [-0.3, -0.25) is 9.69 Å². The molecule has 2 nitrogen and oxygen atoms in total. The van der Waals surface area contributed by atoms with Crippen molar-refractivity contribution in [1.82, 2.24) is 0 Å². The highest BCUT2D eigenvalue weighted by atomic mass is 16.2. The maximum absolute atomic E-state index is 12.8. The van der Waals surface area contributed by atoms with Gasteiger partial charge in [0.05, 0.1) is 0 Å². The van der Waals surface area contributed by atoms with Crippen LogP contribution in [0.15, 0.2) is 72.8 Å². The molecular formula is C22H27NO. The summed E-state index contributed by atoms with van der Waals surface area (Å²) in [6.45, 7) is 2.22. The molecule has 0 N–H and O–H groups in total. The Morgan fingerprint density at radius 2 is 1.42 bits per heavy atom. The minimum absolute atomic E-state index is 0.0946. The van der Waals surface area contributed by atoms with Crippen LogP contribution in [0.3, 0.4) is 0 Å². The first-order chi connectivity index (χ1) is 11.8. The lowest BCUT2D eigenvalue weighted by molar-refractivity contribution is -0.117. The van der Waals surface area contributed by atoms with E-state index in [1.54, 1.807) is 4.90 Å². The molecule has 0 aliphatic rings. The topological polar surface area (TPSA) is 20.3 Å². The summed E-state index contributed by atoms with van der Waals surface area (Å²) in [5.41, 5.74) is 1.81. The molecule has 24 heavy (non-hydrogen) atoms. The minimum Gasteiger partial charge on any atom is -0.281 e. The van der Waals surface area contributed by atoms with Crippen molar-refractivity contribution < 1.29 is 4.79 Å². The van der Waals surface area contributed by atoms with Crippen LogP contribution in [-0.2, 0) is 4.79 Å². The number of para-hydroxylation sites is 2. The van der Waals surface area contributed by atoms with Gasteiger partial charge in [-0.25, -0.2) is 0 Å². The number of anilines is 2. The van der Waals surface area contributed by atoms with E-state index >= 15 is 0 Å². The van der Waals surface area contributed by atoms with Gasteiger partial charge in [0.25, 0.3) is 0 Å². The smallest absolute Gasteiger partial charge is 0.235 e. The molecule has 2 heteroatoms. The van der Waals surface area contributed by atoms with Gasteiger partial charge < -0.3 is 0 Å². The summed E-state index contributed by atoms with van der Waals surface area (Å²) in [6.07, 6.45) is 10.7. The van der Waals surface area contributed by atoms with E-state index in [2.05, 4.69) is 13.0 Å². The molecule has 0 aromatic heterocycles. The third-order valence-electron chi connectivity index (χ3n) is 3.96. The van der Waals surface area contributed by atoms with Gasteiger partial charge >= 0.3 is 0 Å². The van der Waals surface area contributed by atoms with Crippen molar-refractivity contribution >= 4 is 17.3 Å². The van der Waals surface area contributed by atoms with Crippen LogP contribution in [-0.4, -0.2) is 5.91 Å². The SMILES string of the molecule is CCCCCC/C=C/CC(=O)N(c1ccccc1)c1ccccc1. The molecule has 0 heterocycles. The zero-order valence-electron chi connectivity index (χ0n) is 14.5. The average Bonchev–Trinajstić information content (AvgIpc) is 2.63. The Morgan fingerprint density at radius 3 is 1.96 bits per heavy atom. The van der Waals surface area contributed by atoms with Crippen molar-refractivity contribution in [2.75, 3.05) is 4.90 Å². The Bertz CT molecular complexity index is 579. The van der Waals surface area contributed by atoms with E-state index in [1.165, 1.54) is 25.7 Å². The monoisotopic (exact) mass is 321 g/mol. The fraction of sp³-hybridized carbons (Fsp3) is 0.318. The molecule has 0 saturated carbocycles. The molecule has 0 aliphatic heterocycles. The normalized spacial score (nSPS) is 10.9. The number of benzene rings is 2. The largest absolute Gasteiger partial charge is 0.281 e. The first kappa shape index (κ1) is 18.0. The summed E-state index contributed by atoms with van der Waals surface area (Å²) in [7, 11) is 0. The minimum atomic E-state index is 0.0946. The van der Waals surface area contributed by atoms with Gasteiger partial charge in [-0.15, -0.1) is 0 Å². The van der Waals surface area contributed by atoms with Gasteiger partial charge in [0.2, 0.25) is 5.91 Å². The quantitative estimate of drug-likeness (QED) is 0.394. The number of hydrogen-bond donors (Lipinski definition) is 0. The summed E-state index contributed by atoms with van der Waals surface area (Å²) >= 11 is 0. The van der Waals surface area contributed by atoms with Crippen LogP contribution in [0.2, 0.25) is 0 Å². The van der Waals surface area contributed by atoms with E-state index in [0.29, 0.717) is 6.42 Å². The highest BCUT2D eigenvalue weighted by molar-refractivity contribution is 6.01. The highest BCUT2D eigenvalue weighted by Gasteiger charge is 2.15. The first-order valence-corrected chi connectivity index (χ1v) is 8.91. The van der Waals surface area contributed by atoms with E-state index < -0.39 is 0 Å². The summed E-state index contributed by atoms with van der Waals surface area (Å²) in [4.78, 5) is 14.5. The number of rotatable bonds is 9. The third kappa shape index (κ3) is 5.69. The molecule has 0 aliphatic carbocycles. The van der Waals surface area contributed by atoms with Gasteiger partial charge in [-0.2, -0.15) is 0 Å². The van der Waals surface area contributed by atoms with E-state index in [1.807, 2.05) is 66.7 Å². The lowest BCUT2D eigenvalue weighted by Gasteiger charge is -2.22. The standard InChI is InChI=1S/C22H27NO/c1-2-3-4-5-6-7-14-19-22(24)23(20-15-10-8-11-16-20)21-17-12-9-13-18-21/h7-18H,2-6,19H2,1H3/b14-7+. The van der Waals surface area contributed by atoms with Crippen molar-refractivity contribution in [2.24, 2.45) is 0 Å². The zero-order valence-corrected chi connectivity index (χ0v) is 14.5. The molecule has 0 radical (unpaired) electrons. The van der Waals surface area contributed by atoms with Crippen LogP contribution in [0, 0.1) is 0 Å². The van der Waals surface area contributed by atoms with Crippen molar-refractivity contribution in [2.45, 2.75) is 45.4 Å². The van der Waals surface area contributed by atoms with Crippen LogP contribution in [0.5, 0.6) is 0 Å². The van der Waals surface area contributed by atoms with Crippen LogP contribution in [0.4, 0.5) is 11.4 Å². The lowest BCUT2D eigenvalue weighted by Crippen LogP contribution is -2.24. The van der Waals surface area contributed by atoms with Crippen molar-refractivity contribution in [3.8, 4) is 0 Å². The molecule has 0 spiro atoms. The predicted molar refractivity (Wildman–Crippen MR) is 103 cm³/mol. The van der Waals surface area contributed by atoms with Gasteiger partial charge in [0, 0.05) is 17.8 Å². The Kier molecular flexibility index (Phi) is 7.82. The number of allylic oxidation sites excluding steroid dienone is 1. The Labute approximate surface area is 145 Å². The Balaban J connectivity index is 2.00. The maximum atomic E-state index is 12.8. The lowest BCUT2D eigenvalue weighted by atomic mass is 10.1. The molecule has 1 amide bonds. The van der Waals surface area contributed by atoms with Crippen molar-refractivity contribution in [3.63, 3.8) is 0 Å². The van der Waals surface area contributed by atoms with Gasteiger partial charge in [0.15, 0.2) is 0 Å². The van der Waals surface area contributed by atoms with Gasteiger partial charge in [-0.05, 0) is 37.1 Å². The summed E-state index contributed by atoms with van der Waals surface area (Å²) in [5.74, 6) is 0.0946. The fourth-order valence-corrected chi connectivity index (χ4v) is 2.67. The number of carbonyl (C=O) groups excluding carboxylic acids is 1. The molecule has 126 valence electrons. The number of nitrogens with zero attached hydrogens (tertiary/aromatic N) is 1. The molecule has 0 atom stereocenters. The molecule has 0 unspecified atom stereocenters. The van der Waals surface area contributed by atoms with E-state index in [-0.39, 0.29) is 5.91 Å². The molecule has 2 aromatic rings. The number of amides is 1. The first-order valence-electron chi connectivity index (χ1n) is 8.91. The molecule has 2 rings (SSSR count). The fourth-order valence-electron chi connectivity index (χ4n) is 2.67. The van der Waals surface area contributed by atoms with E-state index in [0.717, 1.165) is 17.8 Å². The molecule has 0 fully saturated rings. The van der Waals surface area contributed by atoms with Gasteiger partial charge in [-0.1, -0.05) is 74.7 Å². The second-order valence-corrected chi connectivity index (χ2v) is 5.93. The molecular weight excluding hydrogens is 294 g/mol. The van der Waals surface area contributed by atoms with Crippen molar-refractivity contribution in [1.29, 1.82) is 0 Å². The molecule has 0 bridgehead atoms. The third-order valence-corrected chi connectivity index (χ3v) is 3.96. The molecule has 0 saturated heterocycles. The van der Waals surface area contributed by atoms with E-state index in [4.69, 9.17) is 0 Å². The zero-order chi connectivity index (χ0) is 17.0. The van der Waals surface area contributed by atoms with E-state index in [9.17, 15) is 4.79 Å². The second-order valence-electron chi connectivity index (χ2n) is 5.93.